The van der Waals surface area contributed by atoms with E-state index < -0.39 is 16.0 Å². The number of nitrogens with one attached hydrogen (secondary N) is 2. The molecule has 0 radical (unpaired) electrons. The van der Waals surface area contributed by atoms with Crippen molar-refractivity contribution in [3.63, 3.8) is 0 Å². The molecule has 0 unspecified atom stereocenters. The maximum absolute atomic E-state index is 12.4. The Hall–Kier alpha value is -2.38. The van der Waals surface area contributed by atoms with Gasteiger partial charge in [-0.1, -0.05) is 30.3 Å². The molecule has 0 bridgehead atoms. The van der Waals surface area contributed by atoms with Gasteiger partial charge in [-0.3, -0.25) is 0 Å². The lowest BCUT2D eigenvalue weighted by Crippen LogP contribution is -2.26. The van der Waals surface area contributed by atoms with Gasteiger partial charge in [0.05, 0.1) is 10.5 Å². The molecule has 1 fully saturated rings. The van der Waals surface area contributed by atoms with Crippen molar-refractivity contribution in [3.05, 3.63) is 59.7 Å². The van der Waals surface area contributed by atoms with Crippen LogP contribution in [0.5, 0.6) is 0 Å². The van der Waals surface area contributed by atoms with Crippen molar-refractivity contribution in [2.75, 3.05) is 11.9 Å². The van der Waals surface area contributed by atoms with Crippen molar-refractivity contribution in [3.8, 4) is 0 Å². The van der Waals surface area contributed by atoms with E-state index in [1.165, 1.54) is 18.2 Å². The Morgan fingerprint density at radius 3 is 2.48 bits per heavy atom. The molecule has 1 saturated carbocycles. The van der Waals surface area contributed by atoms with Crippen LogP contribution in [0.1, 0.15) is 28.8 Å². The Bertz CT molecular complexity index is 862. The quantitative estimate of drug-likeness (QED) is 0.672. The van der Waals surface area contributed by atoms with Gasteiger partial charge in [0.15, 0.2) is 0 Å². The number of carbonyl (C=O) groups is 1. The zero-order valence-electron chi connectivity index (χ0n) is 13.6. The third kappa shape index (κ3) is 4.58. The number of hydrogen-bond donors (Lipinski definition) is 3. The van der Waals surface area contributed by atoms with Crippen molar-refractivity contribution in [1.29, 1.82) is 0 Å². The maximum atomic E-state index is 12.4. The zero-order chi connectivity index (χ0) is 17.9. The van der Waals surface area contributed by atoms with Crippen LogP contribution in [0.25, 0.3) is 0 Å². The fourth-order valence-electron chi connectivity index (χ4n) is 2.50. The second-order valence-corrected chi connectivity index (χ2v) is 7.83. The molecule has 0 heterocycles. The SMILES string of the molecule is O=C(O)c1cc(S(=O)(=O)NCCc2ccccc2)ccc1NC1CC1. The fourth-order valence-corrected chi connectivity index (χ4v) is 3.56. The Morgan fingerprint density at radius 1 is 1.12 bits per heavy atom. The predicted molar refractivity (Wildman–Crippen MR) is 95.4 cm³/mol. The van der Waals surface area contributed by atoms with Gasteiger partial charge in [0, 0.05) is 18.3 Å². The topological polar surface area (TPSA) is 95.5 Å². The zero-order valence-corrected chi connectivity index (χ0v) is 14.4. The van der Waals surface area contributed by atoms with Gasteiger partial charge in [-0.15, -0.1) is 0 Å². The second kappa shape index (κ2) is 7.25. The van der Waals surface area contributed by atoms with E-state index in [0.717, 1.165) is 18.4 Å². The molecule has 0 atom stereocenters. The molecule has 0 amide bonds. The van der Waals surface area contributed by atoms with Gasteiger partial charge in [-0.2, -0.15) is 0 Å². The lowest BCUT2D eigenvalue weighted by molar-refractivity contribution is 0.0697. The highest BCUT2D eigenvalue weighted by molar-refractivity contribution is 7.89. The summed E-state index contributed by atoms with van der Waals surface area (Å²) in [7, 11) is -3.76. The molecular weight excluding hydrogens is 340 g/mol. The molecule has 0 aromatic heterocycles. The molecule has 3 rings (SSSR count). The van der Waals surface area contributed by atoms with Crippen molar-refractivity contribution >= 4 is 21.7 Å². The Kier molecular flexibility index (Phi) is 5.06. The Morgan fingerprint density at radius 2 is 1.84 bits per heavy atom. The number of carboxylic acid groups (broad SMARTS) is 1. The average molecular weight is 360 g/mol. The van der Waals surface area contributed by atoms with Crippen LogP contribution >= 0.6 is 0 Å². The van der Waals surface area contributed by atoms with Crippen LogP contribution in [0.4, 0.5) is 5.69 Å². The standard InChI is InChI=1S/C18H20N2O4S/c21-18(22)16-12-15(8-9-17(16)20-14-6-7-14)25(23,24)19-11-10-13-4-2-1-3-5-13/h1-5,8-9,12,14,19-20H,6-7,10-11H2,(H,21,22). The van der Waals surface area contributed by atoms with E-state index >= 15 is 0 Å². The average Bonchev–Trinajstić information content (AvgIpc) is 3.39. The summed E-state index contributed by atoms with van der Waals surface area (Å²) in [5.74, 6) is -1.15. The lowest BCUT2D eigenvalue weighted by Gasteiger charge is -2.12. The molecule has 0 spiro atoms. The maximum Gasteiger partial charge on any atom is 0.337 e. The highest BCUT2D eigenvalue weighted by Crippen LogP contribution is 2.28. The highest BCUT2D eigenvalue weighted by Gasteiger charge is 2.24. The fraction of sp³-hybridized carbons (Fsp3) is 0.278. The first-order valence-electron chi connectivity index (χ1n) is 8.13. The Balaban J connectivity index is 1.72. The van der Waals surface area contributed by atoms with Crippen molar-refractivity contribution < 1.29 is 18.3 Å². The van der Waals surface area contributed by atoms with E-state index in [-0.39, 0.29) is 23.0 Å². The number of sulfonamides is 1. The largest absolute Gasteiger partial charge is 0.478 e. The summed E-state index contributed by atoms with van der Waals surface area (Å²) in [4.78, 5) is 11.4. The minimum Gasteiger partial charge on any atom is -0.478 e. The normalized spacial score (nSPS) is 14.2. The first-order chi connectivity index (χ1) is 12.0. The second-order valence-electron chi connectivity index (χ2n) is 6.06. The van der Waals surface area contributed by atoms with Crippen molar-refractivity contribution in [2.24, 2.45) is 0 Å². The molecule has 3 N–H and O–H groups in total. The summed E-state index contributed by atoms with van der Waals surface area (Å²) in [6.45, 7) is 0.247. The molecule has 25 heavy (non-hydrogen) atoms. The predicted octanol–water partition coefficient (Wildman–Crippen LogP) is 2.48. The van der Waals surface area contributed by atoms with Crippen molar-refractivity contribution in [1.82, 2.24) is 4.72 Å². The summed E-state index contributed by atoms with van der Waals surface area (Å²) in [6, 6.07) is 14.0. The first-order valence-corrected chi connectivity index (χ1v) is 9.61. The van der Waals surface area contributed by atoms with Gasteiger partial charge in [0.25, 0.3) is 0 Å². The van der Waals surface area contributed by atoms with Crippen LogP contribution in [0.3, 0.4) is 0 Å². The third-order valence-corrected chi connectivity index (χ3v) is 5.48. The lowest BCUT2D eigenvalue weighted by atomic mass is 10.2. The van der Waals surface area contributed by atoms with Gasteiger partial charge in [-0.05, 0) is 43.0 Å². The molecular formula is C18H20N2O4S. The van der Waals surface area contributed by atoms with Gasteiger partial charge in [-0.25, -0.2) is 17.9 Å². The Labute approximate surface area is 146 Å². The molecule has 1 aliphatic rings. The summed E-state index contributed by atoms with van der Waals surface area (Å²) in [5, 5.41) is 12.5. The van der Waals surface area contributed by atoms with Crippen LogP contribution < -0.4 is 10.0 Å². The van der Waals surface area contributed by atoms with Crippen LogP contribution in [-0.2, 0) is 16.4 Å². The van der Waals surface area contributed by atoms with E-state index in [2.05, 4.69) is 10.0 Å². The smallest absolute Gasteiger partial charge is 0.337 e. The van der Waals surface area contributed by atoms with Gasteiger partial charge < -0.3 is 10.4 Å². The van der Waals surface area contributed by atoms with Crippen LogP contribution in [-0.4, -0.2) is 32.1 Å². The van der Waals surface area contributed by atoms with Crippen LogP contribution in [0.15, 0.2) is 53.4 Å². The third-order valence-electron chi connectivity index (χ3n) is 4.02. The molecule has 7 heteroatoms. The monoisotopic (exact) mass is 360 g/mol. The number of benzene rings is 2. The van der Waals surface area contributed by atoms with Gasteiger partial charge in [0.2, 0.25) is 10.0 Å². The number of aromatic carboxylic acids is 1. The molecule has 2 aromatic carbocycles. The molecule has 132 valence electrons. The van der Waals surface area contributed by atoms with E-state index in [0.29, 0.717) is 12.1 Å². The van der Waals surface area contributed by atoms with E-state index in [4.69, 9.17) is 0 Å². The molecule has 2 aromatic rings. The minimum absolute atomic E-state index is 0.0298. The number of hydrogen-bond acceptors (Lipinski definition) is 4. The number of rotatable bonds is 8. The summed E-state index contributed by atoms with van der Waals surface area (Å²) < 4.78 is 27.4. The van der Waals surface area contributed by atoms with Crippen LogP contribution in [0.2, 0.25) is 0 Å². The van der Waals surface area contributed by atoms with Crippen LogP contribution in [0, 0.1) is 0 Å². The first kappa shape index (κ1) is 17.4. The highest BCUT2D eigenvalue weighted by atomic mass is 32.2. The van der Waals surface area contributed by atoms with Gasteiger partial charge >= 0.3 is 5.97 Å². The van der Waals surface area contributed by atoms with E-state index in [1.54, 1.807) is 0 Å². The van der Waals surface area contributed by atoms with Crippen molar-refractivity contribution in [2.45, 2.75) is 30.2 Å². The van der Waals surface area contributed by atoms with E-state index in [9.17, 15) is 18.3 Å². The van der Waals surface area contributed by atoms with E-state index in [1.807, 2.05) is 30.3 Å². The number of anilines is 1. The summed E-state index contributed by atoms with van der Waals surface area (Å²) in [6.07, 6.45) is 2.56. The molecule has 6 nitrogen and oxygen atoms in total. The number of carboxylic acids is 1. The summed E-state index contributed by atoms with van der Waals surface area (Å²) in [5.41, 5.74) is 1.46. The van der Waals surface area contributed by atoms with Gasteiger partial charge in [0.1, 0.15) is 0 Å². The molecule has 1 aliphatic carbocycles. The minimum atomic E-state index is -3.76. The molecule has 0 saturated heterocycles. The molecule has 0 aliphatic heterocycles. The summed E-state index contributed by atoms with van der Waals surface area (Å²) >= 11 is 0.